The van der Waals surface area contributed by atoms with Gasteiger partial charge in [-0.3, -0.25) is 19.2 Å². The van der Waals surface area contributed by atoms with E-state index < -0.39 is 37.3 Å². The molecule has 258 valence electrons. The van der Waals surface area contributed by atoms with Gasteiger partial charge in [0.1, 0.15) is 11.6 Å². The summed E-state index contributed by atoms with van der Waals surface area (Å²) in [5.74, 6) is -0.444. The second-order valence-corrected chi connectivity index (χ2v) is 14.4. The molecule has 5 rings (SSSR count). The molecule has 0 spiro atoms. The molecule has 4 aromatic rings. The second kappa shape index (κ2) is 14.8. The van der Waals surface area contributed by atoms with Crippen molar-refractivity contribution in [2.45, 2.75) is 52.0 Å². The summed E-state index contributed by atoms with van der Waals surface area (Å²) in [7, 11) is -4.58. The van der Waals surface area contributed by atoms with E-state index in [0.717, 1.165) is 50.5 Å². The molecule has 0 N–H and O–H groups in total. The Balaban J connectivity index is 1.50. The van der Waals surface area contributed by atoms with E-state index in [4.69, 9.17) is 14.2 Å². The van der Waals surface area contributed by atoms with Gasteiger partial charge in [0.25, 0.3) is 15.7 Å². The summed E-state index contributed by atoms with van der Waals surface area (Å²) in [5.41, 5.74) is 3.87. The number of aryl methyl sites for hydroxylation is 3. The molecule has 0 saturated carbocycles. The van der Waals surface area contributed by atoms with E-state index in [0.29, 0.717) is 25.4 Å². The van der Waals surface area contributed by atoms with Crippen LogP contribution in [-0.4, -0.2) is 45.7 Å². The lowest BCUT2D eigenvalue weighted by Gasteiger charge is -2.37. The molecule has 1 saturated heterocycles. The van der Waals surface area contributed by atoms with Crippen molar-refractivity contribution in [2.75, 3.05) is 30.7 Å². The number of hydrogen-bond donors (Lipinski definition) is 0. The third-order valence-electron chi connectivity index (χ3n) is 8.39. The molecular formula is C37H39FN2O8S. The highest BCUT2D eigenvalue weighted by Gasteiger charge is 2.35. The van der Waals surface area contributed by atoms with Crippen LogP contribution in [0.3, 0.4) is 0 Å². The Kier molecular flexibility index (Phi) is 10.7. The number of anilines is 1. The van der Waals surface area contributed by atoms with Crippen molar-refractivity contribution in [2.24, 2.45) is 5.41 Å². The first-order valence-electron chi connectivity index (χ1n) is 15.9. The van der Waals surface area contributed by atoms with Gasteiger partial charge in [0, 0.05) is 17.9 Å². The number of halogens is 1. The van der Waals surface area contributed by atoms with Gasteiger partial charge < -0.3 is 14.2 Å². The van der Waals surface area contributed by atoms with Gasteiger partial charge in [0.15, 0.2) is 4.90 Å². The smallest absolute Gasteiger partial charge is 0.306 e. The van der Waals surface area contributed by atoms with Gasteiger partial charge in [-0.15, -0.1) is 0 Å². The van der Waals surface area contributed by atoms with Gasteiger partial charge in [0.05, 0.1) is 43.6 Å². The number of rotatable bonds is 14. The summed E-state index contributed by atoms with van der Waals surface area (Å²) >= 11 is 0. The van der Waals surface area contributed by atoms with Crippen LogP contribution >= 0.6 is 0 Å². The third-order valence-corrected chi connectivity index (χ3v) is 10.2. The van der Waals surface area contributed by atoms with E-state index in [1.165, 1.54) is 24.3 Å². The third kappa shape index (κ3) is 8.09. The van der Waals surface area contributed by atoms with Crippen molar-refractivity contribution < 1.29 is 36.7 Å². The maximum atomic E-state index is 15.4. The number of hydrogen-bond acceptors (Lipinski definition) is 8. The molecule has 0 amide bonds. The molecule has 12 heteroatoms. The normalized spacial score (nSPS) is 13.7. The average molecular weight is 691 g/mol. The van der Waals surface area contributed by atoms with Gasteiger partial charge in [0.2, 0.25) is 0 Å². The van der Waals surface area contributed by atoms with Crippen molar-refractivity contribution in [3.8, 4) is 16.9 Å². The van der Waals surface area contributed by atoms with E-state index in [2.05, 4.69) is 6.92 Å². The Bertz CT molecular complexity index is 1950. The monoisotopic (exact) mass is 690 g/mol. The van der Waals surface area contributed by atoms with Crippen molar-refractivity contribution in [1.82, 2.24) is 0 Å². The molecule has 1 aliphatic rings. The molecule has 0 aromatic heterocycles. The number of benzene rings is 4. The summed E-state index contributed by atoms with van der Waals surface area (Å²) in [6, 6.07) is 20.2. The first-order valence-corrected chi connectivity index (χ1v) is 17.4. The maximum absolute atomic E-state index is 15.4. The Hall–Kier alpha value is -4.81. The van der Waals surface area contributed by atoms with Gasteiger partial charge >= 0.3 is 5.97 Å². The summed E-state index contributed by atoms with van der Waals surface area (Å²) in [6.07, 6.45) is 0.00949. The van der Waals surface area contributed by atoms with Gasteiger partial charge in [-0.1, -0.05) is 43.3 Å². The van der Waals surface area contributed by atoms with Crippen LogP contribution in [0.1, 0.15) is 42.5 Å². The second-order valence-electron chi connectivity index (χ2n) is 12.5. The van der Waals surface area contributed by atoms with Crippen LogP contribution < -0.4 is 9.04 Å². The quantitative estimate of drug-likeness (QED) is 0.0766. The highest BCUT2D eigenvalue weighted by molar-refractivity contribution is 7.93. The molecule has 1 aliphatic heterocycles. The zero-order valence-corrected chi connectivity index (χ0v) is 28.7. The SMILES string of the molecule is CCOC(=O)CCc1ccc(N(Cc2cccc(-c3c(C)cc(OCC4(C)COC4)cc3C)c2)S(=O)(=O)c2ccccc2[N+](=O)[O-])cc1F. The lowest BCUT2D eigenvalue weighted by molar-refractivity contribution is -0.387. The summed E-state index contributed by atoms with van der Waals surface area (Å²) in [5, 5.41) is 11.9. The van der Waals surface area contributed by atoms with Gasteiger partial charge in [-0.25, -0.2) is 12.8 Å². The Morgan fingerprint density at radius 2 is 1.73 bits per heavy atom. The number of ether oxygens (including phenoxy) is 3. The first kappa shape index (κ1) is 35.5. The standard InChI is InChI=1S/C37H39FN2O8S/c1-5-47-35(41)16-14-28-13-15-30(20-32(28)38)39(49(44,45)34-12-7-6-11-33(34)40(42)43)21-27-9-8-10-29(19-27)36-25(2)17-31(18-26(36)3)48-24-37(4)22-46-23-37/h6-13,15,17-20H,5,14,16,21-24H2,1-4H3. The van der Waals surface area contributed by atoms with Crippen LogP contribution in [0, 0.1) is 35.2 Å². The van der Waals surface area contributed by atoms with Gasteiger partial charge in [-0.05, 0) is 97.0 Å². The van der Waals surface area contributed by atoms with Crippen molar-refractivity contribution in [1.29, 1.82) is 0 Å². The summed E-state index contributed by atoms with van der Waals surface area (Å²) < 4.78 is 61.2. The first-order chi connectivity index (χ1) is 23.3. The Morgan fingerprint density at radius 1 is 1.02 bits per heavy atom. The summed E-state index contributed by atoms with van der Waals surface area (Å²) in [4.78, 5) is 22.4. The largest absolute Gasteiger partial charge is 0.493 e. The topological polar surface area (TPSA) is 125 Å². The summed E-state index contributed by atoms with van der Waals surface area (Å²) in [6.45, 7) is 9.57. The predicted octanol–water partition coefficient (Wildman–Crippen LogP) is 7.32. The predicted molar refractivity (Wildman–Crippen MR) is 184 cm³/mol. The highest BCUT2D eigenvalue weighted by Crippen LogP contribution is 2.36. The lowest BCUT2D eigenvalue weighted by atomic mass is 9.90. The lowest BCUT2D eigenvalue weighted by Crippen LogP contribution is -2.44. The molecule has 0 aliphatic carbocycles. The molecule has 1 fully saturated rings. The average Bonchev–Trinajstić information content (AvgIpc) is 3.05. The van der Waals surface area contributed by atoms with Crippen LogP contribution in [0.5, 0.6) is 5.75 Å². The minimum absolute atomic E-state index is 0.00687. The van der Waals surface area contributed by atoms with Crippen LogP contribution in [0.2, 0.25) is 0 Å². The fourth-order valence-corrected chi connectivity index (χ4v) is 7.47. The van der Waals surface area contributed by atoms with Crippen LogP contribution in [0.25, 0.3) is 11.1 Å². The molecule has 0 radical (unpaired) electrons. The Morgan fingerprint density at radius 3 is 2.37 bits per heavy atom. The van der Waals surface area contributed by atoms with Crippen LogP contribution in [0.15, 0.2) is 83.8 Å². The molecule has 0 bridgehead atoms. The van der Waals surface area contributed by atoms with Crippen molar-refractivity contribution in [3.63, 3.8) is 0 Å². The fraction of sp³-hybridized carbons (Fsp3) is 0.324. The number of nitro groups is 1. The van der Waals surface area contributed by atoms with E-state index in [1.807, 2.05) is 38.1 Å². The molecule has 1 heterocycles. The maximum Gasteiger partial charge on any atom is 0.306 e. The zero-order chi connectivity index (χ0) is 35.3. The minimum atomic E-state index is -4.58. The highest BCUT2D eigenvalue weighted by atomic mass is 32.2. The number of esters is 1. The Labute approximate surface area is 285 Å². The van der Waals surface area contributed by atoms with E-state index >= 15 is 4.39 Å². The molecular weight excluding hydrogens is 651 g/mol. The number of nitro benzene ring substituents is 1. The number of carbonyl (C=O) groups is 1. The number of nitrogens with zero attached hydrogens (tertiary/aromatic N) is 2. The van der Waals surface area contributed by atoms with E-state index in [-0.39, 0.29) is 42.7 Å². The van der Waals surface area contributed by atoms with E-state index in [9.17, 15) is 23.3 Å². The minimum Gasteiger partial charge on any atom is -0.493 e. The van der Waals surface area contributed by atoms with Crippen LogP contribution in [-0.2, 0) is 37.3 Å². The van der Waals surface area contributed by atoms with E-state index in [1.54, 1.807) is 19.1 Å². The molecule has 4 aromatic carbocycles. The van der Waals surface area contributed by atoms with Gasteiger partial charge in [-0.2, -0.15) is 0 Å². The van der Waals surface area contributed by atoms with Crippen molar-refractivity contribution >= 4 is 27.4 Å². The molecule has 0 atom stereocenters. The molecule has 10 nitrogen and oxygen atoms in total. The molecule has 49 heavy (non-hydrogen) atoms. The van der Waals surface area contributed by atoms with Crippen molar-refractivity contribution in [3.05, 3.63) is 117 Å². The fourth-order valence-electron chi connectivity index (χ4n) is 5.87. The zero-order valence-electron chi connectivity index (χ0n) is 27.9. The molecule has 0 unspecified atom stereocenters. The number of sulfonamides is 1. The number of carbonyl (C=O) groups excluding carboxylic acids is 1. The van der Waals surface area contributed by atoms with Crippen LogP contribution in [0.4, 0.5) is 15.8 Å². The number of para-hydroxylation sites is 1.